The molecule has 2 N–H and O–H groups in total. The molecule has 0 saturated carbocycles. The van der Waals surface area contributed by atoms with Gasteiger partial charge in [0.2, 0.25) is 0 Å². The number of hydrogen-bond donors (Lipinski definition) is 1. The first kappa shape index (κ1) is 20.3. The molecule has 0 amide bonds. The van der Waals surface area contributed by atoms with Gasteiger partial charge in [0, 0.05) is 6.20 Å². The monoisotopic (exact) mass is 384 g/mol. The van der Waals surface area contributed by atoms with E-state index in [2.05, 4.69) is 4.98 Å². The number of nitrogens with two attached hydrogens (primary N) is 1. The highest BCUT2D eigenvalue weighted by Gasteiger charge is 2.31. The molecular formula is C18H19F3N2O2S. The Hall–Kier alpha value is -2.06. The molecule has 2 rings (SSSR count). The van der Waals surface area contributed by atoms with Crippen LogP contribution in [0.25, 0.3) is 0 Å². The molecule has 0 fully saturated rings. The lowest BCUT2D eigenvalue weighted by Crippen LogP contribution is -2.33. The number of carbonyl (C=O) groups is 1. The fourth-order valence-corrected chi connectivity index (χ4v) is 3.24. The zero-order valence-corrected chi connectivity index (χ0v) is 15.1. The third-order valence-electron chi connectivity index (χ3n) is 3.54. The fraction of sp³-hybridized carbons (Fsp3) is 0.333. The van der Waals surface area contributed by atoms with Crippen LogP contribution in [-0.4, -0.2) is 23.1 Å². The smallest absolute Gasteiger partial charge is 0.417 e. The summed E-state index contributed by atoms with van der Waals surface area (Å²) in [6.45, 7) is 3.24. The number of hydrogen-bond acceptors (Lipinski definition) is 5. The van der Waals surface area contributed by atoms with E-state index >= 15 is 0 Å². The Bertz CT molecular complexity index is 721. The van der Waals surface area contributed by atoms with Crippen LogP contribution in [0.2, 0.25) is 0 Å². The molecule has 0 bridgehead atoms. The van der Waals surface area contributed by atoms with Gasteiger partial charge in [0.05, 0.1) is 15.8 Å². The van der Waals surface area contributed by atoms with Gasteiger partial charge >= 0.3 is 12.1 Å². The van der Waals surface area contributed by atoms with Crippen molar-refractivity contribution >= 4 is 17.7 Å². The van der Waals surface area contributed by atoms with E-state index in [0.29, 0.717) is 5.03 Å². The molecule has 0 unspecified atom stereocenters. The molecule has 2 aromatic rings. The van der Waals surface area contributed by atoms with Crippen LogP contribution < -0.4 is 5.73 Å². The molecule has 140 valence electrons. The Morgan fingerprint density at radius 3 is 2.31 bits per heavy atom. The third-order valence-corrected chi connectivity index (χ3v) is 4.93. The quantitative estimate of drug-likeness (QED) is 0.597. The molecule has 0 aliphatic carbocycles. The maximum absolute atomic E-state index is 12.7. The SMILES string of the molecule is C[C@H](N)C(=O)O[C@@H](C)[C@H](Sc1ccc(C(F)(F)F)cn1)c1ccccc1. The van der Waals surface area contributed by atoms with Gasteiger partial charge in [-0.1, -0.05) is 42.1 Å². The number of benzene rings is 1. The molecule has 26 heavy (non-hydrogen) atoms. The first-order chi connectivity index (χ1) is 12.2. The largest absolute Gasteiger partial charge is 0.460 e. The number of carbonyl (C=O) groups excluding carboxylic acids is 1. The summed E-state index contributed by atoms with van der Waals surface area (Å²) in [5.74, 6) is -0.542. The summed E-state index contributed by atoms with van der Waals surface area (Å²) in [5.41, 5.74) is 5.59. The summed E-state index contributed by atoms with van der Waals surface area (Å²) >= 11 is 1.23. The number of halogens is 3. The van der Waals surface area contributed by atoms with Crippen LogP contribution in [0.1, 0.15) is 30.2 Å². The van der Waals surface area contributed by atoms with Gasteiger partial charge in [-0.25, -0.2) is 4.98 Å². The van der Waals surface area contributed by atoms with E-state index in [1.807, 2.05) is 30.3 Å². The number of pyridine rings is 1. The normalized spacial score (nSPS) is 15.2. The maximum Gasteiger partial charge on any atom is 0.417 e. The van der Waals surface area contributed by atoms with Crippen LogP contribution in [0, 0.1) is 0 Å². The lowest BCUT2D eigenvalue weighted by molar-refractivity contribution is -0.149. The summed E-state index contributed by atoms with van der Waals surface area (Å²) in [7, 11) is 0. The van der Waals surface area contributed by atoms with Crippen molar-refractivity contribution in [3.63, 3.8) is 0 Å². The lowest BCUT2D eigenvalue weighted by atomic mass is 10.1. The molecule has 3 atom stereocenters. The Morgan fingerprint density at radius 1 is 1.15 bits per heavy atom. The Kier molecular flexibility index (Phi) is 6.66. The number of rotatable bonds is 6. The Labute approximate surface area is 153 Å². The second-order valence-electron chi connectivity index (χ2n) is 5.76. The van der Waals surface area contributed by atoms with Crippen molar-refractivity contribution in [2.24, 2.45) is 5.73 Å². The highest BCUT2D eigenvalue weighted by molar-refractivity contribution is 7.99. The van der Waals surface area contributed by atoms with E-state index in [1.165, 1.54) is 24.8 Å². The van der Waals surface area contributed by atoms with E-state index < -0.39 is 29.9 Å². The molecule has 0 aliphatic rings. The topological polar surface area (TPSA) is 65.2 Å². The highest BCUT2D eigenvalue weighted by Crippen LogP contribution is 2.39. The first-order valence-electron chi connectivity index (χ1n) is 7.89. The molecule has 0 radical (unpaired) electrons. The highest BCUT2D eigenvalue weighted by atomic mass is 32.2. The Balaban J connectivity index is 2.23. The van der Waals surface area contributed by atoms with Crippen LogP contribution in [-0.2, 0) is 15.7 Å². The average Bonchev–Trinajstić information content (AvgIpc) is 2.59. The van der Waals surface area contributed by atoms with E-state index in [9.17, 15) is 18.0 Å². The van der Waals surface area contributed by atoms with Crippen molar-refractivity contribution in [2.75, 3.05) is 0 Å². The van der Waals surface area contributed by atoms with Crippen LogP contribution in [0.15, 0.2) is 53.7 Å². The van der Waals surface area contributed by atoms with E-state index in [4.69, 9.17) is 10.5 Å². The first-order valence-corrected chi connectivity index (χ1v) is 8.77. The van der Waals surface area contributed by atoms with Gasteiger partial charge in [-0.05, 0) is 31.5 Å². The number of alkyl halides is 3. The summed E-state index contributed by atoms with van der Waals surface area (Å²) in [5, 5.41) is 0.0543. The number of aromatic nitrogens is 1. The van der Waals surface area contributed by atoms with Gasteiger partial charge in [0.15, 0.2) is 0 Å². The van der Waals surface area contributed by atoms with E-state index in [1.54, 1.807) is 6.92 Å². The summed E-state index contributed by atoms with van der Waals surface area (Å²) < 4.78 is 43.4. The number of nitrogens with zero attached hydrogens (tertiary/aromatic N) is 1. The molecule has 1 aromatic carbocycles. The molecule has 0 spiro atoms. The van der Waals surface area contributed by atoms with Crippen LogP contribution in [0.4, 0.5) is 13.2 Å². The molecule has 4 nitrogen and oxygen atoms in total. The van der Waals surface area contributed by atoms with Crippen LogP contribution in [0.3, 0.4) is 0 Å². The second-order valence-corrected chi connectivity index (χ2v) is 6.92. The number of thioether (sulfide) groups is 1. The predicted octanol–water partition coefficient (Wildman–Crippen LogP) is 4.21. The van der Waals surface area contributed by atoms with Crippen molar-refractivity contribution in [3.8, 4) is 0 Å². The molecule has 1 aromatic heterocycles. The number of ether oxygens (including phenoxy) is 1. The second kappa shape index (κ2) is 8.55. The lowest BCUT2D eigenvalue weighted by Gasteiger charge is -2.24. The van der Waals surface area contributed by atoms with Crippen molar-refractivity contribution in [2.45, 2.75) is 42.4 Å². The molecule has 0 saturated heterocycles. The van der Waals surface area contributed by atoms with Crippen molar-refractivity contribution < 1.29 is 22.7 Å². The van der Waals surface area contributed by atoms with E-state index in [-0.39, 0.29) is 5.25 Å². The maximum atomic E-state index is 12.7. The summed E-state index contributed by atoms with van der Waals surface area (Å²) in [6.07, 6.45) is -4.19. The fourth-order valence-electron chi connectivity index (χ4n) is 2.18. The van der Waals surface area contributed by atoms with Crippen molar-refractivity contribution in [1.29, 1.82) is 0 Å². The minimum absolute atomic E-state index is 0.344. The van der Waals surface area contributed by atoms with E-state index in [0.717, 1.165) is 17.8 Å². The Morgan fingerprint density at radius 2 is 1.81 bits per heavy atom. The van der Waals surface area contributed by atoms with Crippen LogP contribution in [0.5, 0.6) is 0 Å². The zero-order valence-electron chi connectivity index (χ0n) is 14.2. The molecule has 1 heterocycles. The van der Waals surface area contributed by atoms with Gasteiger partial charge in [-0.2, -0.15) is 13.2 Å². The minimum atomic E-state index is -4.44. The third kappa shape index (κ3) is 5.47. The summed E-state index contributed by atoms with van der Waals surface area (Å²) in [4.78, 5) is 15.7. The van der Waals surface area contributed by atoms with Crippen molar-refractivity contribution in [1.82, 2.24) is 4.98 Å². The molecular weight excluding hydrogens is 365 g/mol. The molecule has 8 heteroatoms. The summed E-state index contributed by atoms with van der Waals surface area (Å²) in [6, 6.07) is 10.8. The van der Waals surface area contributed by atoms with Gasteiger partial charge in [-0.15, -0.1) is 0 Å². The van der Waals surface area contributed by atoms with Gasteiger partial charge in [0.25, 0.3) is 0 Å². The predicted molar refractivity (Wildman–Crippen MR) is 93.5 cm³/mol. The van der Waals surface area contributed by atoms with Crippen molar-refractivity contribution in [3.05, 3.63) is 59.8 Å². The zero-order chi connectivity index (χ0) is 19.3. The van der Waals surface area contributed by atoms with Gasteiger partial charge < -0.3 is 10.5 Å². The average molecular weight is 384 g/mol. The van der Waals surface area contributed by atoms with Gasteiger partial charge in [0.1, 0.15) is 12.1 Å². The van der Waals surface area contributed by atoms with Crippen LogP contribution >= 0.6 is 11.8 Å². The standard InChI is InChI=1S/C18H19F3N2O2S/c1-11(22)17(24)25-12(2)16(13-6-4-3-5-7-13)26-15-9-8-14(10-23-15)18(19,20)21/h3-12,16H,22H2,1-2H3/t11-,12-,16-/m0/s1. The molecule has 0 aliphatic heterocycles. The minimum Gasteiger partial charge on any atom is -0.460 e. The number of esters is 1. The van der Waals surface area contributed by atoms with Gasteiger partial charge in [-0.3, -0.25) is 4.79 Å².